The van der Waals surface area contributed by atoms with Crippen molar-refractivity contribution in [3.05, 3.63) is 78.2 Å². The van der Waals surface area contributed by atoms with Crippen LogP contribution in [0.1, 0.15) is 35.7 Å². The number of hydrogen-bond acceptors (Lipinski definition) is 7. The molecule has 8 heteroatoms. The number of carbonyl (C=O) groups is 1. The van der Waals surface area contributed by atoms with E-state index in [2.05, 4.69) is 74.7 Å². The van der Waals surface area contributed by atoms with E-state index in [1.54, 1.807) is 25.6 Å². The first-order valence-corrected chi connectivity index (χ1v) is 13.1. The van der Waals surface area contributed by atoms with Gasteiger partial charge >= 0.3 is 0 Å². The van der Waals surface area contributed by atoms with Gasteiger partial charge in [-0.2, -0.15) is 0 Å². The van der Waals surface area contributed by atoms with E-state index >= 15 is 0 Å². The Hall–Kier alpha value is -4.04. The van der Waals surface area contributed by atoms with Crippen LogP contribution in [0.3, 0.4) is 0 Å². The summed E-state index contributed by atoms with van der Waals surface area (Å²) in [5, 5.41) is 7.09. The van der Waals surface area contributed by atoms with Crippen LogP contribution in [0.15, 0.2) is 67.1 Å². The summed E-state index contributed by atoms with van der Waals surface area (Å²) in [4.78, 5) is 28.3. The summed E-state index contributed by atoms with van der Waals surface area (Å²) in [6.07, 6.45) is 3.32. The van der Waals surface area contributed by atoms with Gasteiger partial charge in [0.1, 0.15) is 12.1 Å². The van der Waals surface area contributed by atoms with Crippen molar-refractivity contribution in [2.75, 3.05) is 50.1 Å². The maximum Gasteiger partial charge on any atom is 0.251 e. The fraction of sp³-hybridized carbons (Fsp3) is 0.333. The molecule has 1 aliphatic heterocycles. The van der Waals surface area contributed by atoms with Crippen molar-refractivity contribution < 1.29 is 9.53 Å². The van der Waals surface area contributed by atoms with E-state index in [-0.39, 0.29) is 17.7 Å². The summed E-state index contributed by atoms with van der Waals surface area (Å²) in [6, 6.07) is 18.4. The third-order valence-corrected chi connectivity index (χ3v) is 7.43. The third-order valence-electron chi connectivity index (χ3n) is 7.43. The molecule has 2 aromatic heterocycles. The molecular weight excluding hydrogens is 476 g/mol. The predicted octanol–water partition coefficient (Wildman–Crippen LogP) is 4.74. The van der Waals surface area contributed by atoms with Crippen LogP contribution in [0, 0.1) is 5.92 Å². The molecule has 5 rings (SSSR count). The van der Waals surface area contributed by atoms with E-state index in [0.29, 0.717) is 5.56 Å². The topological polar surface area (TPSA) is 92.3 Å². The van der Waals surface area contributed by atoms with E-state index in [4.69, 9.17) is 4.74 Å². The number of pyridine rings is 1. The molecule has 4 aromatic rings. The van der Waals surface area contributed by atoms with Gasteiger partial charge in [0.15, 0.2) is 0 Å². The number of morpholine rings is 1. The zero-order valence-electron chi connectivity index (χ0n) is 22.1. The monoisotopic (exact) mass is 510 g/mol. The molecule has 1 aliphatic rings. The number of para-hydroxylation sites is 1. The molecule has 8 nitrogen and oxygen atoms in total. The average molecular weight is 511 g/mol. The number of fused-ring (bicyclic) bond motifs is 1. The van der Waals surface area contributed by atoms with Gasteiger partial charge in [-0.25, -0.2) is 9.97 Å². The summed E-state index contributed by atoms with van der Waals surface area (Å²) in [5.41, 5.74) is 5.80. The first-order valence-electron chi connectivity index (χ1n) is 13.1. The minimum atomic E-state index is -0.104. The Morgan fingerprint density at radius 3 is 2.58 bits per heavy atom. The second-order valence-corrected chi connectivity index (χ2v) is 9.76. The lowest BCUT2D eigenvalue weighted by Crippen LogP contribution is -2.36. The molecule has 2 atom stereocenters. The Morgan fingerprint density at radius 2 is 1.82 bits per heavy atom. The lowest BCUT2D eigenvalue weighted by Gasteiger charge is -2.28. The zero-order chi connectivity index (χ0) is 26.5. The minimum absolute atomic E-state index is 0.104. The molecule has 0 aliphatic carbocycles. The molecule has 3 heterocycles. The van der Waals surface area contributed by atoms with Crippen LogP contribution >= 0.6 is 0 Å². The summed E-state index contributed by atoms with van der Waals surface area (Å²) in [6.45, 7) is 8.53. The maximum absolute atomic E-state index is 12.4. The van der Waals surface area contributed by atoms with Crippen molar-refractivity contribution in [2.45, 2.75) is 19.8 Å². The fourth-order valence-corrected chi connectivity index (χ4v) is 4.92. The second-order valence-electron chi connectivity index (χ2n) is 9.76. The van der Waals surface area contributed by atoms with Gasteiger partial charge in [-0.1, -0.05) is 44.2 Å². The summed E-state index contributed by atoms with van der Waals surface area (Å²) >= 11 is 0. The molecule has 1 fully saturated rings. The highest BCUT2D eigenvalue weighted by atomic mass is 16.5. The first kappa shape index (κ1) is 25.6. The number of carbonyl (C=O) groups excluding carboxylic acids is 1. The van der Waals surface area contributed by atoms with Crippen LogP contribution in [0.25, 0.3) is 22.2 Å². The number of ether oxygens (including phenoxy) is 1. The summed E-state index contributed by atoms with van der Waals surface area (Å²) < 4.78 is 5.46. The van der Waals surface area contributed by atoms with Gasteiger partial charge in [0.25, 0.3) is 5.91 Å². The summed E-state index contributed by atoms with van der Waals surface area (Å²) in [7, 11) is 1.65. The van der Waals surface area contributed by atoms with Crippen molar-refractivity contribution in [3.8, 4) is 11.3 Å². The molecule has 196 valence electrons. The Labute approximate surface area is 223 Å². The highest BCUT2D eigenvalue weighted by molar-refractivity contribution is 6.06. The van der Waals surface area contributed by atoms with Crippen molar-refractivity contribution in [2.24, 2.45) is 5.92 Å². The van der Waals surface area contributed by atoms with Crippen molar-refractivity contribution >= 4 is 28.3 Å². The van der Waals surface area contributed by atoms with E-state index in [1.165, 1.54) is 5.69 Å². The number of rotatable bonds is 8. The number of benzene rings is 2. The lowest BCUT2D eigenvalue weighted by atomic mass is 9.87. The Morgan fingerprint density at radius 1 is 1.03 bits per heavy atom. The fourth-order valence-electron chi connectivity index (χ4n) is 4.92. The predicted molar refractivity (Wildman–Crippen MR) is 152 cm³/mol. The maximum atomic E-state index is 12.4. The average Bonchev–Trinajstić information content (AvgIpc) is 2.99. The molecule has 1 amide bonds. The van der Waals surface area contributed by atoms with Gasteiger partial charge in [-0.15, -0.1) is 0 Å². The lowest BCUT2D eigenvalue weighted by molar-refractivity contribution is 0.0964. The molecule has 0 saturated carbocycles. The highest BCUT2D eigenvalue weighted by Crippen LogP contribution is 2.31. The number of hydrogen-bond donors (Lipinski definition) is 2. The largest absolute Gasteiger partial charge is 0.378 e. The minimum Gasteiger partial charge on any atom is -0.378 e. The van der Waals surface area contributed by atoms with Gasteiger partial charge in [0.2, 0.25) is 0 Å². The number of anilines is 2. The van der Waals surface area contributed by atoms with E-state index < -0.39 is 0 Å². The van der Waals surface area contributed by atoms with Gasteiger partial charge < -0.3 is 20.3 Å². The van der Waals surface area contributed by atoms with Crippen LogP contribution in [-0.4, -0.2) is 60.8 Å². The Balaban J connectivity index is 1.27. The molecular formula is C30H34N6O2. The summed E-state index contributed by atoms with van der Waals surface area (Å²) in [5.74, 6) is 1.20. The standard InChI is InChI=1S/C30H34N6O2/c1-20(21(2)24-5-4-6-25-26(30(37)31-3)11-12-32-29(24)25)18-33-28-17-27(34-19-35-28)22-7-9-23(10-8-22)36-13-15-38-16-14-36/h4-12,17,19-21H,13-16,18H2,1-3H3,(H,31,37)(H,33,34,35)/t20-,21?/m1/s1. The van der Waals surface area contributed by atoms with Crippen LogP contribution in [0.2, 0.25) is 0 Å². The number of amides is 1. The molecule has 38 heavy (non-hydrogen) atoms. The normalized spacial score (nSPS) is 15.2. The zero-order valence-corrected chi connectivity index (χ0v) is 22.1. The Kier molecular flexibility index (Phi) is 7.79. The Bertz CT molecular complexity index is 1400. The smallest absolute Gasteiger partial charge is 0.251 e. The molecule has 1 unspecified atom stereocenters. The number of nitrogens with zero attached hydrogens (tertiary/aromatic N) is 4. The van der Waals surface area contributed by atoms with Crippen LogP contribution < -0.4 is 15.5 Å². The van der Waals surface area contributed by atoms with E-state index in [9.17, 15) is 4.79 Å². The van der Waals surface area contributed by atoms with Crippen LogP contribution in [-0.2, 0) is 4.74 Å². The van der Waals surface area contributed by atoms with Crippen LogP contribution in [0.5, 0.6) is 0 Å². The van der Waals surface area contributed by atoms with Crippen molar-refractivity contribution in [3.63, 3.8) is 0 Å². The SMILES string of the molecule is CNC(=O)c1ccnc2c(C(C)[C@H](C)CNc3cc(-c4ccc(N5CCOCC5)cc4)ncn3)cccc12. The molecule has 1 saturated heterocycles. The van der Waals surface area contributed by atoms with Gasteiger partial charge in [-0.05, 0) is 35.6 Å². The van der Waals surface area contributed by atoms with Crippen molar-refractivity contribution in [1.82, 2.24) is 20.3 Å². The number of nitrogens with one attached hydrogen (secondary N) is 2. The highest BCUT2D eigenvalue weighted by Gasteiger charge is 2.20. The van der Waals surface area contributed by atoms with E-state index in [1.807, 2.05) is 18.2 Å². The molecule has 0 spiro atoms. The molecule has 2 N–H and O–H groups in total. The van der Waals surface area contributed by atoms with Crippen molar-refractivity contribution in [1.29, 1.82) is 0 Å². The van der Waals surface area contributed by atoms with Crippen LogP contribution in [0.4, 0.5) is 11.5 Å². The van der Waals surface area contributed by atoms with Gasteiger partial charge in [0.05, 0.1) is 30.0 Å². The quantitative estimate of drug-likeness (QED) is 0.354. The van der Waals surface area contributed by atoms with Gasteiger partial charge in [-0.3, -0.25) is 9.78 Å². The van der Waals surface area contributed by atoms with Gasteiger partial charge in [0, 0.05) is 55.6 Å². The number of aromatic nitrogens is 3. The second kappa shape index (κ2) is 11.6. The third kappa shape index (κ3) is 5.45. The first-order chi connectivity index (χ1) is 18.5. The van der Waals surface area contributed by atoms with E-state index in [0.717, 1.165) is 66.4 Å². The molecule has 0 radical (unpaired) electrons. The molecule has 0 bridgehead atoms. The molecule has 2 aromatic carbocycles.